The van der Waals surface area contributed by atoms with Crippen LogP contribution >= 0.6 is 15.9 Å². The summed E-state index contributed by atoms with van der Waals surface area (Å²) < 4.78 is 2.65. The predicted octanol–water partition coefficient (Wildman–Crippen LogP) is 3.94. The van der Waals surface area contributed by atoms with E-state index in [9.17, 15) is 9.59 Å². The van der Waals surface area contributed by atoms with Gasteiger partial charge in [-0.15, -0.1) is 0 Å². The van der Waals surface area contributed by atoms with Gasteiger partial charge < -0.3 is 4.90 Å². The third-order valence-corrected chi connectivity index (χ3v) is 5.86. The molecule has 7 heteroatoms. The molecule has 148 valence electrons. The molecule has 3 rings (SSSR count). The molecule has 1 unspecified atom stereocenters. The number of amides is 1. The van der Waals surface area contributed by atoms with E-state index in [-0.39, 0.29) is 23.9 Å². The van der Waals surface area contributed by atoms with Crippen molar-refractivity contribution in [3.8, 4) is 0 Å². The molecular weight excluding hydrogens is 420 g/mol. The van der Waals surface area contributed by atoms with Crippen molar-refractivity contribution < 1.29 is 4.79 Å². The van der Waals surface area contributed by atoms with Gasteiger partial charge >= 0.3 is 0 Å². The second-order valence-electron chi connectivity index (χ2n) is 7.04. The summed E-state index contributed by atoms with van der Waals surface area (Å²) in [6, 6.07) is 9.40. The van der Waals surface area contributed by atoms with Crippen LogP contribution < -0.4 is 5.56 Å². The molecule has 2 aromatic heterocycles. The molecule has 28 heavy (non-hydrogen) atoms. The van der Waals surface area contributed by atoms with E-state index in [1.165, 1.54) is 6.07 Å². The van der Waals surface area contributed by atoms with Gasteiger partial charge in [0.15, 0.2) is 5.65 Å². The quantitative estimate of drug-likeness (QED) is 0.625. The highest BCUT2D eigenvalue weighted by atomic mass is 79.9. The smallest absolute Gasteiger partial charge is 0.266 e. The number of benzene rings is 1. The Labute approximate surface area is 172 Å². The summed E-state index contributed by atoms with van der Waals surface area (Å²) in [6.07, 6.45) is 1.12. The Kier molecular flexibility index (Phi) is 6.03. The topological polar surface area (TPSA) is 70.5 Å². The molecule has 2 heterocycles. The van der Waals surface area contributed by atoms with Crippen LogP contribution in [0, 0.1) is 13.8 Å². The number of aryl methyl sites for hydroxylation is 2. The summed E-state index contributed by atoms with van der Waals surface area (Å²) in [5.74, 6) is 0.0481. The average molecular weight is 445 g/mol. The van der Waals surface area contributed by atoms with Gasteiger partial charge in [-0.2, -0.15) is 0 Å². The highest BCUT2D eigenvalue weighted by molar-refractivity contribution is 9.10. The largest absolute Gasteiger partial charge is 0.336 e. The number of nitrogens with zero attached hydrogens (tertiary/aromatic N) is 3. The number of hydrogen-bond acceptors (Lipinski definition) is 3. The summed E-state index contributed by atoms with van der Waals surface area (Å²) >= 11 is 3.60. The van der Waals surface area contributed by atoms with Gasteiger partial charge in [0.05, 0.1) is 12.5 Å². The Bertz CT molecular complexity index is 1070. The summed E-state index contributed by atoms with van der Waals surface area (Å²) in [6.45, 7) is 8.59. The van der Waals surface area contributed by atoms with Crippen LogP contribution in [0.15, 0.2) is 39.6 Å². The lowest BCUT2D eigenvalue weighted by Gasteiger charge is -2.30. The first-order chi connectivity index (χ1) is 13.3. The zero-order valence-electron chi connectivity index (χ0n) is 16.6. The lowest BCUT2D eigenvalue weighted by atomic mass is 10.0. The average Bonchev–Trinajstić information content (AvgIpc) is 3.03. The third kappa shape index (κ3) is 3.90. The van der Waals surface area contributed by atoms with Gasteiger partial charge in [-0.05, 0) is 38.8 Å². The van der Waals surface area contributed by atoms with Gasteiger partial charge in [-0.3, -0.25) is 14.7 Å². The minimum absolute atomic E-state index is 0.0481. The second kappa shape index (κ2) is 8.31. The van der Waals surface area contributed by atoms with Crippen LogP contribution in [0.1, 0.15) is 48.8 Å². The normalized spacial score (nSPS) is 12.3. The maximum absolute atomic E-state index is 13.3. The van der Waals surface area contributed by atoms with Crippen LogP contribution in [-0.2, 0) is 11.2 Å². The second-order valence-corrected chi connectivity index (χ2v) is 7.89. The van der Waals surface area contributed by atoms with E-state index in [4.69, 9.17) is 0 Å². The molecule has 0 radical (unpaired) electrons. The number of rotatable bonds is 6. The molecule has 0 fully saturated rings. The number of aromatic amines is 1. The van der Waals surface area contributed by atoms with E-state index in [0.29, 0.717) is 12.2 Å². The molecule has 1 atom stereocenters. The molecule has 0 saturated carbocycles. The minimum Gasteiger partial charge on any atom is -0.336 e. The molecule has 0 aliphatic carbocycles. The first-order valence-corrected chi connectivity index (χ1v) is 10.2. The molecule has 6 nitrogen and oxygen atoms in total. The molecule has 0 spiro atoms. The van der Waals surface area contributed by atoms with E-state index < -0.39 is 0 Å². The Morgan fingerprint density at radius 2 is 2.04 bits per heavy atom. The van der Waals surface area contributed by atoms with Crippen molar-refractivity contribution in [2.75, 3.05) is 6.54 Å². The van der Waals surface area contributed by atoms with Crippen molar-refractivity contribution in [2.24, 2.45) is 0 Å². The van der Waals surface area contributed by atoms with Crippen LogP contribution in [0.4, 0.5) is 0 Å². The van der Waals surface area contributed by atoms with E-state index >= 15 is 0 Å². The van der Waals surface area contributed by atoms with Crippen LogP contribution in [-0.4, -0.2) is 31.9 Å². The van der Waals surface area contributed by atoms with Crippen LogP contribution in [0.2, 0.25) is 0 Å². The van der Waals surface area contributed by atoms with E-state index in [2.05, 4.69) is 39.9 Å². The Morgan fingerprint density at radius 3 is 2.71 bits per heavy atom. The maximum Gasteiger partial charge on any atom is 0.266 e. The standard InChI is InChI=1S/C21H25BrN4O2/c1-5-10-25(14(3)16-8-6-7-9-18(16)22)21(28)11-17-13(2)23-19-12-20(27)24-26(19)15(17)4/h6-9,12,14H,5,10-11H2,1-4H3,(H,24,27). The monoisotopic (exact) mass is 444 g/mol. The van der Waals surface area contributed by atoms with Crippen molar-refractivity contribution in [2.45, 2.75) is 46.6 Å². The first kappa shape index (κ1) is 20.3. The van der Waals surface area contributed by atoms with Crippen molar-refractivity contribution >= 4 is 27.5 Å². The molecule has 0 saturated heterocycles. The fourth-order valence-electron chi connectivity index (χ4n) is 3.62. The number of carbonyl (C=O) groups excluding carboxylic acids is 1. The fraction of sp³-hybridized carbons (Fsp3) is 0.381. The summed E-state index contributed by atoms with van der Waals surface area (Å²) in [5.41, 5.74) is 3.92. The van der Waals surface area contributed by atoms with Crippen LogP contribution in [0.5, 0.6) is 0 Å². The molecule has 1 N–H and O–H groups in total. The highest BCUT2D eigenvalue weighted by Gasteiger charge is 2.24. The van der Waals surface area contributed by atoms with Crippen molar-refractivity contribution in [3.05, 3.63) is 67.7 Å². The fourth-order valence-corrected chi connectivity index (χ4v) is 4.24. The molecule has 1 aromatic carbocycles. The number of H-pyrrole nitrogens is 1. The van der Waals surface area contributed by atoms with Crippen molar-refractivity contribution in [3.63, 3.8) is 0 Å². The van der Waals surface area contributed by atoms with Crippen molar-refractivity contribution in [1.82, 2.24) is 19.5 Å². The number of nitrogens with one attached hydrogen (secondary N) is 1. The first-order valence-electron chi connectivity index (χ1n) is 9.45. The SMILES string of the molecule is CCCN(C(=O)Cc1c(C)nc2cc(=O)[nH]n2c1C)C(C)c1ccccc1Br. The van der Waals surface area contributed by atoms with Crippen LogP contribution in [0.25, 0.3) is 5.65 Å². The van der Waals surface area contributed by atoms with Gasteiger partial charge in [0.2, 0.25) is 5.91 Å². The van der Waals surface area contributed by atoms with E-state index in [1.807, 2.05) is 43.0 Å². The van der Waals surface area contributed by atoms with E-state index in [1.54, 1.807) is 4.52 Å². The summed E-state index contributed by atoms with van der Waals surface area (Å²) in [7, 11) is 0. The lowest BCUT2D eigenvalue weighted by molar-refractivity contribution is -0.132. The summed E-state index contributed by atoms with van der Waals surface area (Å²) in [5, 5.41) is 2.75. The number of carbonyl (C=O) groups is 1. The van der Waals surface area contributed by atoms with Gasteiger partial charge in [0, 0.05) is 34.0 Å². The highest BCUT2D eigenvalue weighted by Crippen LogP contribution is 2.28. The minimum atomic E-state index is -0.200. The van der Waals surface area contributed by atoms with E-state index in [0.717, 1.165) is 33.4 Å². The molecular formula is C21H25BrN4O2. The van der Waals surface area contributed by atoms with Gasteiger partial charge in [-0.25, -0.2) is 9.50 Å². The maximum atomic E-state index is 13.3. The molecule has 3 aromatic rings. The Morgan fingerprint density at radius 1 is 1.32 bits per heavy atom. The molecule has 1 amide bonds. The lowest BCUT2D eigenvalue weighted by Crippen LogP contribution is -2.36. The van der Waals surface area contributed by atoms with Gasteiger partial charge in [-0.1, -0.05) is 41.1 Å². The number of halogens is 1. The summed E-state index contributed by atoms with van der Waals surface area (Å²) in [4.78, 5) is 31.3. The zero-order valence-corrected chi connectivity index (χ0v) is 18.2. The van der Waals surface area contributed by atoms with Gasteiger partial charge in [0.1, 0.15) is 0 Å². The molecule has 0 aliphatic rings. The number of aromatic nitrogens is 3. The Balaban J connectivity index is 1.94. The Hall–Kier alpha value is -2.41. The third-order valence-electron chi connectivity index (χ3n) is 5.14. The zero-order chi connectivity index (χ0) is 20.4. The number of hydrogen-bond donors (Lipinski definition) is 1. The van der Waals surface area contributed by atoms with Gasteiger partial charge in [0.25, 0.3) is 5.56 Å². The van der Waals surface area contributed by atoms with Crippen molar-refractivity contribution in [1.29, 1.82) is 0 Å². The van der Waals surface area contributed by atoms with Crippen LogP contribution in [0.3, 0.4) is 0 Å². The molecule has 0 bridgehead atoms. The molecule has 0 aliphatic heterocycles. The predicted molar refractivity (Wildman–Crippen MR) is 114 cm³/mol. The number of fused-ring (bicyclic) bond motifs is 1.